The Kier molecular flexibility index (Phi) is 11.7. The zero-order valence-corrected chi connectivity index (χ0v) is 12.3. The highest BCUT2D eigenvalue weighted by Crippen LogP contribution is 2.18. The Morgan fingerprint density at radius 2 is 1.71 bits per heavy atom. The van der Waals surface area contributed by atoms with Gasteiger partial charge in [-0.15, -0.1) is 0 Å². The Labute approximate surface area is 107 Å². The van der Waals surface area contributed by atoms with Crippen LogP contribution >= 0.6 is 0 Å². The van der Waals surface area contributed by atoms with E-state index in [9.17, 15) is 4.79 Å². The van der Waals surface area contributed by atoms with Crippen molar-refractivity contribution in [1.82, 2.24) is 0 Å². The van der Waals surface area contributed by atoms with Crippen LogP contribution in [-0.2, 0) is 4.79 Å². The minimum absolute atomic E-state index is 0.00910. The molecule has 0 aliphatic heterocycles. The first-order valence-corrected chi connectivity index (χ1v) is 6.76. The molecule has 0 aromatic rings. The lowest BCUT2D eigenvalue weighted by molar-refractivity contribution is -0.137. The van der Waals surface area contributed by atoms with Gasteiger partial charge in [-0.05, 0) is 32.6 Å². The normalized spacial score (nSPS) is 12.6. The summed E-state index contributed by atoms with van der Waals surface area (Å²) in [6.07, 6.45) is 5.93. The van der Waals surface area contributed by atoms with Crippen molar-refractivity contribution in [3.05, 3.63) is 0 Å². The molecular weight excluding hydrogens is 214 g/mol. The number of carboxylic acids is 1. The summed E-state index contributed by atoms with van der Waals surface area (Å²) in [5.41, 5.74) is 5.93. The topological polar surface area (TPSA) is 63.3 Å². The van der Waals surface area contributed by atoms with Gasteiger partial charge in [-0.25, -0.2) is 0 Å². The van der Waals surface area contributed by atoms with E-state index in [1.807, 2.05) is 6.92 Å². The minimum atomic E-state index is -0.693. The predicted molar refractivity (Wildman–Crippen MR) is 74.1 cm³/mol. The molecule has 0 aromatic heterocycles. The van der Waals surface area contributed by atoms with Gasteiger partial charge in [0.05, 0.1) is 0 Å². The number of hydrogen-bond acceptors (Lipinski definition) is 2. The summed E-state index contributed by atoms with van der Waals surface area (Å²) < 4.78 is 0. The first-order valence-electron chi connectivity index (χ1n) is 6.76. The summed E-state index contributed by atoms with van der Waals surface area (Å²) in [5, 5.41) is 8.04. The summed E-state index contributed by atoms with van der Waals surface area (Å²) in [5.74, 6) is -0.0469. The zero-order chi connectivity index (χ0) is 13.9. The van der Waals surface area contributed by atoms with E-state index in [4.69, 9.17) is 10.8 Å². The van der Waals surface area contributed by atoms with Crippen LogP contribution in [0.25, 0.3) is 0 Å². The summed E-state index contributed by atoms with van der Waals surface area (Å²) >= 11 is 0. The molecule has 104 valence electrons. The fourth-order valence-electron chi connectivity index (χ4n) is 1.21. The first-order chi connectivity index (χ1) is 7.75. The molecule has 1 unspecified atom stereocenters. The molecule has 3 nitrogen and oxygen atoms in total. The Morgan fingerprint density at radius 1 is 1.24 bits per heavy atom. The fraction of sp³-hybridized carbons (Fsp3) is 0.929. The SMILES string of the molecule is CCCCC(=O)O.CCCCC(C)C(C)(C)N. The molecule has 0 aliphatic carbocycles. The fourth-order valence-corrected chi connectivity index (χ4v) is 1.21. The number of carboxylic acid groups (broad SMARTS) is 1. The van der Waals surface area contributed by atoms with Crippen LogP contribution in [0, 0.1) is 5.92 Å². The quantitative estimate of drug-likeness (QED) is 0.717. The van der Waals surface area contributed by atoms with Gasteiger partial charge in [-0.2, -0.15) is 0 Å². The summed E-state index contributed by atoms with van der Waals surface area (Å²) in [6, 6.07) is 0. The Hall–Kier alpha value is -0.570. The maximum Gasteiger partial charge on any atom is 0.303 e. The largest absolute Gasteiger partial charge is 0.481 e. The van der Waals surface area contributed by atoms with Crippen LogP contribution in [0.3, 0.4) is 0 Å². The average Bonchev–Trinajstić information content (AvgIpc) is 2.22. The highest BCUT2D eigenvalue weighted by Gasteiger charge is 2.18. The molecule has 0 rings (SSSR count). The molecule has 0 radical (unpaired) electrons. The van der Waals surface area contributed by atoms with Crippen molar-refractivity contribution in [2.24, 2.45) is 11.7 Å². The molecule has 17 heavy (non-hydrogen) atoms. The first kappa shape index (κ1) is 18.8. The monoisotopic (exact) mass is 245 g/mol. The lowest BCUT2D eigenvalue weighted by atomic mass is 9.86. The van der Waals surface area contributed by atoms with Gasteiger partial charge in [0.25, 0.3) is 0 Å². The Morgan fingerprint density at radius 3 is 1.94 bits per heavy atom. The van der Waals surface area contributed by atoms with Crippen LogP contribution in [0.5, 0.6) is 0 Å². The van der Waals surface area contributed by atoms with Gasteiger partial charge < -0.3 is 10.8 Å². The third-order valence-electron chi connectivity index (χ3n) is 3.01. The number of nitrogens with two attached hydrogens (primary N) is 1. The van der Waals surface area contributed by atoms with Crippen molar-refractivity contribution in [3.63, 3.8) is 0 Å². The zero-order valence-electron chi connectivity index (χ0n) is 12.3. The van der Waals surface area contributed by atoms with Gasteiger partial charge in [-0.1, -0.05) is 40.0 Å². The molecule has 0 bridgehead atoms. The van der Waals surface area contributed by atoms with Crippen molar-refractivity contribution in [3.8, 4) is 0 Å². The molecule has 0 aromatic carbocycles. The number of rotatable bonds is 7. The smallest absolute Gasteiger partial charge is 0.303 e. The molecule has 0 aliphatic rings. The van der Waals surface area contributed by atoms with Gasteiger partial charge >= 0.3 is 5.97 Å². The number of carbonyl (C=O) groups is 1. The Balaban J connectivity index is 0. The lowest BCUT2D eigenvalue weighted by Gasteiger charge is -2.26. The van der Waals surface area contributed by atoms with E-state index in [1.54, 1.807) is 0 Å². The van der Waals surface area contributed by atoms with E-state index in [-0.39, 0.29) is 5.54 Å². The van der Waals surface area contributed by atoms with E-state index in [0.717, 1.165) is 12.8 Å². The molecule has 3 N–H and O–H groups in total. The van der Waals surface area contributed by atoms with E-state index >= 15 is 0 Å². The van der Waals surface area contributed by atoms with Crippen LogP contribution in [0.2, 0.25) is 0 Å². The van der Waals surface area contributed by atoms with Crippen LogP contribution in [0.15, 0.2) is 0 Å². The van der Waals surface area contributed by atoms with Crippen LogP contribution in [-0.4, -0.2) is 16.6 Å². The molecule has 0 saturated carbocycles. The molecule has 0 spiro atoms. The maximum atomic E-state index is 9.76. The summed E-state index contributed by atoms with van der Waals surface area (Å²) in [4.78, 5) is 9.76. The van der Waals surface area contributed by atoms with Gasteiger partial charge in [0.2, 0.25) is 0 Å². The highest BCUT2D eigenvalue weighted by molar-refractivity contribution is 5.66. The Bertz CT molecular complexity index is 185. The number of hydrogen-bond donors (Lipinski definition) is 2. The summed E-state index contributed by atoms with van der Waals surface area (Å²) in [6.45, 7) is 10.6. The van der Waals surface area contributed by atoms with Gasteiger partial charge in [-0.3, -0.25) is 4.79 Å². The maximum absolute atomic E-state index is 9.76. The van der Waals surface area contributed by atoms with E-state index in [1.165, 1.54) is 19.3 Å². The van der Waals surface area contributed by atoms with Crippen molar-refractivity contribution in [1.29, 1.82) is 0 Å². The second-order valence-corrected chi connectivity index (χ2v) is 5.36. The van der Waals surface area contributed by atoms with Crippen LogP contribution < -0.4 is 5.73 Å². The third-order valence-corrected chi connectivity index (χ3v) is 3.01. The molecule has 1 atom stereocenters. The van der Waals surface area contributed by atoms with Crippen LogP contribution in [0.1, 0.15) is 73.1 Å². The minimum Gasteiger partial charge on any atom is -0.481 e. The average molecular weight is 245 g/mol. The van der Waals surface area contributed by atoms with Gasteiger partial charge in [0, 0.05) is 12.0 Å². The molecule has 0 fully saturated rings. The van der Waals surface area contributed by atoms with Crippen LogP contribution in [0.4, 0.5) is 0 Å². The molecule has 0 amide bonds. The predicted octanol–water partition coefficient (Wildman–Crippen LogP) is 3.81. The van der Waals surface area contributed by atoms with E-state index < -0.39 is 5.97 Å². The van der Waals surface area contributed by atoms with Crippen molar-refractivity contribution >= 4 is 5.97 Å². The number of aliphatic carboxylic acids is 1. The van der Waals surface area contributed by atoms with Crippen molar-refractivity contribution < 1.29 is 9.90 Å². The van der Waals surface area contributed by atoms with Gasteiger partial charge in [0.1, 0.15) is 0 Å². The molecular formula is C14H31NO2. The lowest BCUT2D eigenvalue weighted by Crippen LogP contribution is -2.39. The third kappa shape index (κ3) is 15.4. The second-order valence-electron chi connectivity index (χ2n) is 5.36. The van der Waals surface area contributed by atoms with Gasteiger partial charge in [0.15, 0.2) is 0 Å². The molecule has 0 saturated heterocycles. The number of unbranched alkanes of at least 4 members (excludes halogenated alkanes) is 2. The van der Waals surface area contributed by atoms with E-state index in [0.29, 0.717) is 12.3 Å². The van der Waals surface area contributed by atoms with E-state index in [2.05, 4.69) is 27.7 Å². The molecule has 3 heteroatoms. The standard InChI is InChI=1S/C9H21N.C5H10O2/c1-5-6-7-8(2)9(3,4)10;1-2-3-4-5(6)7/h8H,5-7,10H2,1-4H3;2-4H2,1H3,(H,6,7). The van der Waals surface area contributed by atoms with Crippen molar-refractivity contribution in [2.75, 3.05) is 0 Å². The molecule has 0 heterocycles. The highest BCUT2D eigenvalue weighted by atomic mass is 16.4. The summed E-state index contributed by atoms with van der Waals surface area (Å²) in [7, 11) is 0. The van der Waals surface area contributed by atoms with Crippen molar-refractivity contribution in [2.45, 2.75) is 78.7 Å². The second kappa shape index (κ2) is 10.6.